The lowest BCUT2D eigenvalue weighted by Crippen LogP contribution is -2.45. The molecule has 0 aromatic carbocycles. The van der Waals surface area contributed by atoms with E-state index in [1.807, 2.05) is 7.05 Å². The number of halogens is 1. The Morgan fingerprint density at radius 3 is 2.83 bits per heavy atom. The number of nitrogens with one attached hydrogen (secondary N) is 2. The van der Waals surface area contributed by atoms with Gasteiger partial charge in [-0.25, -0.2) is 4.98 Å². The Labute approximate surface area is 162 Å². The molecule has 1 aromatic heterocycles. The van der Waals surface area contributed by atoms with Gasteiger partial charge in [-0.2, -0.15) is 5.10 Å². The van der Waals surface area contributed by atoms with E-state index >= 15 is 0 Å². The number of rotatable bonds is 6. The number of likely N-dealkylation sites (tertiary alicyclic amines) is 1. The molecule has 1 fully saturated rings. The number of hydrogen-bond acceptors (Lipinski definition) is 4. The van der Waals surface area contributed by atoms with Crippen molar-refractivity contribution < 1.29 is 0 Å². The first kappa shape index (κ1) is 21.1. The van der Waals surface area contributed by atoms with Gasteiger partial charge < -0.3 is 15.5 Å². The van der Waals surface area contributed by atoms with Gasteiger partial charge in [-0.05, 0) is 31.2 Å². The lowest BCUT2D eigenvalue weighted by atomic mass is 9.97. The lowest BCUT2D eigenvalue weighted by Gasteiger charge is -2.34. The summed E-state index contributed by atoms with van der Waals surface area (Å²) in [4.78, 5) is 11.1. The third-order valence-electron chi connectivity index (χ3n) is 4.23. The van der Waals surface area contributed by atoms with Crippen LogP contribution in [0.5, 0.6) is 0 Å². The van der Waals surface area contributed by atoms with Crippen LogP contribution in [0.4, 0.5) is 0 Å². The molecule has 0 radical (unpaired) electrons. The summed E-state index contributed by atoms with van der Waals surface area (Å²) < 4.78 is 1.77. The molecule has 138 valence electrons. The molecule has 0 bridgehead atoms. The molecular weight excluding hydrogens is 417 g/mol. The fourth-order valence-corrected chi connectivity index (χ4v) is 3.10. The van der Waals surface area contributed by atoms with Crippen LogP contribution in [-0.4, -0.2) is 58.9 Å². The quantitative estimate of drug-likeness (QED) is 0.391. The van der Waals surface area contributed by atoms with E-state index in [4.69, 9.17) is 0 Å². The van der Waals surface area contributed by atoms with Gasteiger partial charge in [0.2, 0.25) is 0 Å². The van der Waals surface area contributed by atoms with E-state index in [2.05, 4.69) is 44.5 Å². The van der Waals surface area contributed by atoms with Gasteiger partial charge in [-0.15, -0.1) is 24.0 Å². The SMILES string of the molecule is CN=C(NCc1ncnn1C)NCC1CCCN(CC(C)C)C1.I. The van der Waals surface area contributed by atoms with Crippen LogP contribution in [0, 0.1) is 11.8 Å². The van der Waals surface area contributed by atoms with Crippen molar-refractivity contribution in [1.82, 2.24) is 30.3 Å². The third kappa shape index (κ3) is 6.92. The van der Waals surface area contributed by atoms with Crippen molar-refractivity contribution in [3.63, 3.8) is 0 Å². The highest BCUT2D eigenvalue weighted by Crippen LogP contribution is 2.16. The maximum absolute atomic E-state index is 4.29. The largest absolute Gasteiger partial charge is 0.356 e. The number of guanidine groups is 1. The van der Waals surface area contributed by atoms with E-state index in [0.717, 1.165) is 24.2 Å². The van der Waals surface area contributed by atoms with Crippen LogP contribution in [0.3, 0.4) is 0 Å². The molecular formula is C16H32IN7. The first-order valence-corrected chi connectivity index (χ1v) is 8.58. The van der Waals surface area contributed by atoms with Gasteiger partial charge in [0.05, 0.1) is 6.54 Å². The average molecular weight is 449 g/mol. The predicted octanol–water partition coefficient (Wildman–Crippen LogP) is 1.47. The number of nitrogens with zero attached hydrogens (tertiary/aromatic N) is 5. The number of aromatic nitrogens is 3. The van der Waals surface area contributed by atoms with Gasteiger partial charge in [-0.1, -0.05) is 13.8 Å². The zero-order valence-electron chi connectivity index (χ0n) is 15.3. The molecule has 0 aliphatic carbocycles. The van der Waals surface area contributed by atoms with Crippen LogP contribution in [0.2, 0.25) is 0 Å². The number of piperidine rings is 1. The Hall–Kier alpha value is -0.900. The van der Waals surface area contributed by atoms with Gasteiger partial charge in [0.15, 0.2) is 5.96 Å². The van der Waals surface area contributed by atoms with Crippen molar-refractivity contribution in [2.75, 3.05) is 33.2 Å². The average Bonchev–Trinajstić information content (AvgIpc) is 2.92. The van der Waals surface area contributed by atoms with E-state index in [9.17, 15) is 0 Å². The smallest absolute Gasteiger partial charge is 0.191 e. The fourth-order valence-electron chi connectivity index (χ4n) is 3.10. The minimum atomic E-state index is 0. The lowest BCUT2D eigenvalue weighted by molar-refractivity contribution is 0.159. The van der Waals surface area contributed by atoms with Crippen LogP contribution < -0.4 is 10.6 Å². The van der Waals surface area contributed by atoms with Gasteiger partial charge in [0, 0.05) is 33.7 Å². The van der Waals surface area contributed by atoms with Crippen LogP contribution in [0.25, 0.3) is 0 Å². The summed E-state index contributed by atoms with van der Waals surface area (Å²) in [5.41, 5.74) is 0. The molecule has 2 heterocycles. The maximum Gasteiger partial charge on any atom is 0.191 e. The molecule has 0 spiro atoms. The topological polar surface area (TPSA) is 70.4 Å². The summed E-state index contributed by atoms with van der Waals surface area (Å²) in [7, 11) is 3.70. The summed E-state index contributed by atoms with van der Waals surface area (Å²) in [6.45, 7) is 9.81. The molecule has 1 aromatic rings. The zero-order valence-corrected chi connectivity index (χ0v) is 17.7. The molecule has 1 aliphatic heterocycles. The standard InChI is InChI=1S/C16H31N7.HI/c1-13(2)10-23-7-5-6-14(11-23)8-18-16(17-3)19-9-15-20-12-21-22(15)4;/h12-14H,5-11H2,1-4H3,(H2,17,18,19);1H. The van der Waals surface area contributed by atoms with E-state index in [1.165, 1.54) is 32.5 Å². The zero-order chi connectivity index (χ0) is 16.7. The van der Waals surface area contributed by atoms with E-state index in [1.54, 1.807) is 18.1 Å². The van der Waals surface area contributed by atoms with Crippen molar-refractivity contribution in [2.45, 2.75) is 33.2 Å². The third-order valence-corrected chi connectivity index (χ3v) is 4.23. The summed E-state index contributed by atoms with van der Waals surface area (Å²) in [5, 5.41) is 10.8. The van der Waals surface area contributed by atoms with Crippen molar-refractivity contribution in [2.24, 2.45) is 23.9 Å². The molecule has 1 unspecified atom stereocenters. The first-order chi connectivity index (χ1) is 11.1. The van der Waals surface area contributed by atoms with Gasteiger partial charge in [0.25, 0.3) is 0 Å². The molecule has 7 nitrogen and oxygen atoms in total. The van der Waals surface area contributed by atoms with Crippen LogP contribution in [-0.2, 0) is 13.6 Å². The second-order valence-corrected chi connectivity index (χ2v) is 6.77. The number of aryl methyl sites for hydroxylation is 1. The van der Waals surface area contributed by atoms with E-state index in [0.29, 0.717) is 12.5 Å². The first-order valence-electron chi connectivity index (χ1n) is 8.58. The van der Waals surface area contributed by atoms with Gasteiger partial charge in [-0.3, -0.25) is 9.67 Å². The van der Waals surface area contributed by atoms with Crippen molar-refractivity contribution in [3.8, 4) is 0 Å². The highest BCUT2D eigenvalue weighted by atomic mass is 127. The maximum atomic E-state index is 4.29. The van der Waals surface area contributed by atoms with Crippen molar-refractivity contribution in [1.29, 1.82) is 0 Å². The van der Waals surface area contributed by atoms with Gasteiger partial charge >= 0.3 is 0 Å². The predicted molar refractivity (Wildman–Crippen MR) is 109 cm³/mol. The minimum Gasteiger partial charge on any atom is -0.356 e. The molecule has 1 atom stereocenters. The molecule has 1 saturated heterocycles. The Morgan fingerprint density at radius 1 is 1.42 bits per heavy atom. The van der Waals surface area contributed by atoms with E-state index < -0.39 is 0 Å². The van der Waals surface area contributed by atoms with Crippen LogP contribution in [0.1, 0.15) is 32.5 Å². The molecule has 24 heavy (non-hydrogen) atoms. The molecule has 1 aliphatic rings. The highest BCUT2D eigenvalue weighted by Gasteiger charge is 2.20. The van der Waals surface area contributed by atoms with Crippen molar-refractivity contribution >= 4 is 29.9 Å². The molecule has 2 N–H and O–H groups in total. The number of aliphatic imine (C=N–C) groups is 1. The monoisotopic (exact) mass is 449 g/mol. The van der Waals surface area contributed by atoms with Crippen molar-refractivity contribution in [3.05, 3.63) is 12.2 Å². The normalized spacial score (nSPS) is 19.2. The van der Waals surface area contributed by atoms with E-state index in [-0.39, 0.29) is 24.0 Å². The Balaban J connectivity index is 0.00000288. The summed E-state index contributed by atoms with van der Waals surface area (Å²) >= 11 is 0. The highest BCUT2D eigenvalue weighted by molar-refractivity contribution is 14.0. The summed E-state index contributed by atoms with van der Waals surface area (Å²) in [6.07, 6.45) is 4.16. The van der Waals surface area contributed by atoms with Crippen LogP contribution in [0.15, 0.2) is 11.3 Å². The fraction of sp³-hybridized carbons (Fsp3) is 0.812. The molecule has 0 amide bonds. The summed E-state index contributed by atoms with van der Waals surface area (Å²) in [5.74, 6) is 3.15. The van der Waals surface area contributed by atoms with Crippen LogP contribution >= 0.6 is 24.0 Å². The molecule has 0 saturated carbocycles. The van der Waals surface area contributed by atoms with Gasteiger partial charge in [0.1, 0.15) is 12.2 Å². The molecule has 2 rings (SSSR count). The molecule has 8 heteroatoms. The second-order valence-electron chi connectivity index (χ2n) is 6.77. The Morgan fingerprint density at radius 2 is 2.21 bits per heavy atom. The number of hydrogen-bond donors (Lipinski definition) is 2. The Bertz CT molecular complexity index is 500. The second kappa shape index (κ2) is 10.9. The summed E-state index contributed by atoms with van der Waals surface area (Å²) in [6, 6.07) is 0. The minimum absolute atomic E-state index is 0. The Kier molecular flexibility index (Phi) is 9.57.